The highest BCUT2D eigenvalue weighted by Crippen LogP contribution is 2.32. The largest absolute Gasteiger partial charge is 0.454 e. The monoisotopic (exact) mass is 253 g/mol. The highest BCUT2D eigenvalue weighted by molar-refractivity contribution is 7.80. The predicted octanol–water partition coefficient (Wildman–Crippen LogP) is 1.39. The van der Waals surface area contributed by atoms with Crippen molar-refractivity contribution in [2.24, 2.45) is 0 Å². The van der Waals surface area contributed by atoms with E-state index in [-0.39, 0.29) is 12.7 Å². The van der Waals surface area contributed by atoms with Gasteiger partial charge in [0.25, 0.3) is 0 Å². The van der Waals surface area contributed by atoms with Gasteiger partial charge in [0, 0.05) is 13.0 Å². The lowest BCUT2D eigenvalue weighted by Crippen LogP contribution is -2.25. The Bertz CT molecular complexity index is 409. The molecule has 17 heavy (non-hydrogen) atoms. The fourth-order valence-corrected chi connectivity index (χ4v) is 1.84. The van der Waals surface area contributed by atoms with Crippen LogP contribution in [0.1, 0.15) is 12.0 Å². The van der Waals surface area contributed by atoms with Crippen LogP contribution in [0.2, 0.25) is 0 Å². The Morgan fingerprint density at radius 3 is 3.00 bits per heavy atom. The molecule has 0 atom stereocenters. The Morgan fingerprint density at radius 1 is 1.35 bits per heavy atom. The van der Waals surface area contributed by atoms with E-state index in [0.717, 1.165) is 23.5 Å². The van der Waals surface area contributed by atoms with Crippen molar-refractivity contribution in [3.05, 3.63) is 23.8 Å². The molecule has 1 aliphatic rings. The minimum Gasteiger partial charge on any atom is -0.454 e. The summed E-state index contributed by atoms with van der Waals surface area (Å²) in [5, 5.41) is 2.84. The maximum absolute atomic E-state index is 11.2. The van der Waals surface area contributed by atoms with E-state index < -0.39 is 0 Å². The van der Waals surface area contributed by atoms with E-state index in [1.54, 1.807) is 0 Å². The molecule has 4 nitrogen and oxygen atoms in total. The molecule has 0 unspecified atom stereocenters. The van der Waals surface area contributed by atoms with E-state index >= 15 is 0 Å². The van der Waals surface area contributed by atoms with Crippen molar-refractivity contribution in [2.75, 3.05) is 19.1 Å². The maximum atomic E-state index is 11.2. The second-order valence-electron chi connectivity index (χ2n) is 3.76. The van der Waals surface area contributed by atoms with Crippen LogP contribution in [0.25, 0.3) is 0 Å². The first-order valence-corrected chi connectivity index (χ1v) is 6.19. The van der Waals surface area contributed by atoms with Gasteiger partial charge in [0.1, 0.15) is 0 Å². The average molecular weight is 253 g/mol. The number of carbonyl (C=O) groups excluding carboxylic acids is 1. The molecule has 0 aromatic heterocycles. The number of hydrogen-bond donors (Lipinski definition) is 2. The van der Waals surface area contributed by atoms with Gasteiger partial charge < -0.3 is 14.8 Å². The van der Waals surface area contributed by atoms with Crippen molar-refractivity contribution < 1.29 is 14.3 Å². The number of rotatable bonds is 5. The molecular weight excluding hydrogens is 238 g/mol. The van der Waals surface area contributed by atoms with E-state index in [1.807, 2.05) is 18.2 Å². The molecule has 1 heterocycles. The van der Waals surface area contributed by atoms with E-state index in [0.29, 0.717) is 18.7 Å². The Labute approximate surface area is 106 Å². The molecule has 0 fully saturated rings. The molecule has 1 amide bonds. The minimum atomic E-state index is 0.0424. The predicted molar refractivity (Wildman–Crippen MR) is 67.7 cm³/mol. The molecule has 92 valence electrons. The highest BCUT2D eigenvalue weighted by atomic mass is 32.1. The summed E-state index contributed by atoms with van der Waals surface area (Å²) in [7, 11) is 0. The van der Waals surface area contributed by atoms with Crippen molar-refractivity contribution in [3.63, 3.8) is 0 Å². The van der Waals surface area contributed by atoms with Crippen LogP contribution in [-0.2, 0) is 11.2 Å². The number of benzene rings is 1. The van der Waals surface area contributed by atoms with Crippen LogP contribution in [0.3, 0.4) is 0 Å². The van der Waals surface area contributed by atoms with Crippen LogP contribution in [0.5, 0.6) is 11.5 Å². The van der Waals surface area contributed by atoms with Crippen LogP contribution < -0.4 is 14.8 Å². The van der Waals surface area contributed by atoms with Crippen LogP contribution in [0.4, 0.5) is 0 Å². The van der Waals surface area contributed by atoms with Crippen LogP contribution in [0, 0.1) is 0 Å². The fourth-order valence-electron chi connectivity index (χ4n) is 1.63. The molecule has 1 aliphatic heterocycles. The molecule has 5 heteroatoms. The molecule has 0 aliphatic carbocycles. The third kappa shape index (κ3) is 3.30. The van der Waals surface area contributed by atoms with Crippen molar-refractivity contribution in [3.8, 4) is 11.5 Å². The van der Waals surface area contributed by atoms with Crippen molar-refractivity contribution in [2.45, 2.75) is 12.8 Å². The van der Waals surface area contributed by atoms with Gasteiger partial charge in [-0.2, -0.15) is 12.6 Å². The molecule has 1 aromatic carbocycles. The molecule has 1 aromatic rings. The zero-order valence-electron chi connectivity index (χ0n) is 9.44. The smallest absolute Gasteiger partial charge is 0.231 e. The molecule has 0 saturated carbocycles. The molecule has 0 radical (unpaired) electrons. The molecule has 0 spiro atoms. The lowest BCUT2D eigenvalue weighted by molar-refractivity contribution is -0.120. The lowest BCUT2D eigenvalue weighted by Gasteiger charge is -2.05. The van der Waals surface area contributed by atoms with E-state index in [9.17, 15) is 4.79 Å². The number of ether oxygens (including phenoxy) is 2. The lowest BCUT2D eigenvalue weighted by atomic mass is 10.1. The minimum absolute atomic E-state index is 0.0424. The highest BCUT2D eigenvalue weighted by Gasteiger charge is 2.12. The second kappa shape index (κ2) is 5.82. The van der Waals surface area contributed by atoms with Crippen molar-refractivity contribution in [1.29, 1.82) is 0 Å². The summed E-state index contributed by atoms with van der Waals surface area (Å²) in [6.45, 7) is 0.920. The third-order valence-electron chi connectivity index (χ3n) is 2.51. The molecule has 1 N–H and O–H groups in total. The Hall–Kier alpha value is -1.36. The fraction of sp³-hybridized carbons (Fsp3) is 0.417. The summed E-state index contributed by atoms with van der Waals surface area (Å²) in [5.74, 6) is 2.19. The topological polar surface area (TPSA) is 47.6 Å². The first-order chi connectivity index (χ1) is 8.29. The summed E-state index contributed by atoms with van der Waals surface area (Å²) >= 11 is 4.00. The van der Waals surface area contributed by atoms with Gasteiger partial charge in [0.15, 0.2) is 11.5 Å². The van der Waals surface area contributed by atoms with Gasteiger partial charge in [-0.1, -0.05) is 6.07 Å². The van der Waals surface area contributed by atoms with Gasteiger partial charge in [-0.25, -0.2) is 0 Å². The zero-order chi connectivity index (χ0) is 12.1. The number of thiol groups is 1. The Morgan fingerprint density at radius 2 is 2.18 bits per heavy atom. The summed E-state index contributed by atoms with van der Waals surface area (Å²) < 4.78 is 10.5. The number of hydrogen-bond acceptors (Lipinski definition) is 4. The number of amides is 1. The van der Waals surface area contributed by atoms with Crippen LogP contribution in [-0.4, -0.2) is 25.0 Å². The quantitative estimate of drug-likeness (QED) is 0.780. The van der Waals surface area contributed by atoms with Gasteiger partial charge >= 0.3 is 0 Å². The van der Waals surface area contributed by atoms with Crippen LogP contribution >= 0.6 is 12.6 Å². The van der Waals surface area contributed by atoms with E-state index in [1.165, 1.54) is 0 Å². The third-order valence-corrected chi connectivity index (χ3v) is 2.74. The summed E-state index contributed by atoms with van der Waals surface area (Å²) in [6, 6.07) is 5.83. The number of carbonyl (C=O) groups is 1. The molecule has 0 saturated heterocycles. The standard InChI is InChI=1S/C12H15NO3S/c14-12(4-6-17)13-5-3-9-1-2-10-11(7-9)16-8-15-10/h1-2,7,17H,3-6,8H2,(H,13,14). The zero-order valence-corrected chi connectivity index (χ0v) is 10.3. The molecule has 0 bridgehead atoms. The first kappa shape index (κ1) is 12.1. The van der Waals surface area contributed by atoms with E-state index in [2.05, 4.69) is 17.9 Å². The molecular formula is C12H15NO3S. The summed E-state index contributed by atoms with van der Waals surface area (Å²) in [5.41, 5.74) is 1.13. The van der Waals surface area contributed by atoms with Crippen LogP contribution in [0.15, 0.2) is 18.2 Å². The van der Waals surface area contributed by atoms with Gasteiger partial charge in [0.05, 0.1) is 0 Å². The maximum Gasteiger partial charge on any atom is 0.231 e. The van der Waals surface area contributed by atoms with Gasteiger partial charge in [0.2, 0.25) is 12.7 Å². The van der Waals surface area contributed by atoms with Gasteiger partial charge in [-0.05, 0) is 29.9 Å². The molecule has 2 rings (SSSR count). The number of fused-ring (bicyclic) bond motifs is 1. The Kier molecular flexibility index (Phi) is 4.14. The first-order valence-electron chi connectivity index (χ1n) is 5.55. The normalized spacial score (nSPS) is 12.5. The number of nitrogens with one attached hydrogen (secondary N) is 1. The summed E-state index contributed by atoms with van der Waals surface area (Å²) in [4.78, 5) is 11.2. The van der Waals surface area contributed by atoms with Gasteiger partial charge in [-0.3, -0.25) is 4.79 Å². The Balaban J connectivity index is 1.81. The van der Waals surface area contributed by atoms with Gasteiger partial charge in [-0.15, -0.1) is 0 Å². The van der Waals surface area contributed by atoms with Crippen molar-refractivity contribution >= 4 is 18.5 Å². The SMILES string of the molecule is O=C(CCS)NCCc1ccc2c(c1)OCO2. The van der Waals surface area contributed by atoms with E-state index in [4.69, 9.17) is 9.47 Å². The average Bonchev–Trinajstić information content (AvgIpc) is 2.76. The van der Waals surface area contributed by atoms with Crippen molar-refractivity contribution in [1.82, 2.24) is 5.32 Å². The second-order valence-corrected chi connectivity index (χ2v) is 4.21. The summed E-state index contributed by atoms with van der Waals surface area (Å²) in [6.07, 6.45) is 1.25.